The maximum Gasteiger partial charge on any atom is 0.163 e. The van der Waals surface area contributed by atoms with Crippen LogP contribution in [-0.2, 0) is 6.42 Å². The Morgan fingerprint density at radius 3 is 2.83 bits per heavy atom. The summed E-state index contributed by atoms with van der Waals surface area (Å²) in [5.74, 6) is 0.275. The fourth-order valence-electron chi connectivity index (χ4n) is 1.50. The highest BCUT2D eigenvalue weighted by atomic mass is 79.9. The van der Waals surface area contributed by atoms with E-state index in [-0.39, 0.29) is 11.5 Å². The molecule has 0 aromatic heterocycles. The number of Topliss-reactive ketones (excluding diaryl/α,β-unsaturated/α-hetero) is 1. The molecule has 62 valence electrons. The van der Waals surface area contributed by atoms with E-state index in [0.29, 0.717) is 12.0 Å². The van der Waals surface area contributed by atoms with Crippen molar-refractivity contribution in [1.82, 2.24) is 0 Å². The third-order valence-corrected chi connectivity index (χ3v) is 2.79. The molecule has 1 aromatic carbocycles. The van der Waals surface area contributed by atoms with E-state index in [1.807, 2.05) is 0 Å². The summed E-state index contributed by atoms with van der Waals surface area (Å²) in [6.07, 6.45) is 1.35. The zero-order chi connectivity index (χ0) is 8.72. The number of fused-ring (bicyclic) bond motifs is 1. The number of carbonyl (C=O) groups excluding carboxylic acids is 1. The Hall–Kier alpha value is -0.830. The molecular weight excluding hydrogens is 220 g/mol. The summed E-state index contributed by atoms with van der Waals surface area (Å²) in [6.45, 7) is 0. The van der Waals surface area contributed by atoms with Gasteiger partial charge in [0.15, 0.2) is 5.78 Å². The van der Waals surface area contributed by atoms with E-state index in [4.69, 9.17) is 0 Å². The van der Waals surface area contributed by atoms with Gasteiger partial charge in [0.1, 0.15) is 5.75 Å². The number of halogens is 1. The number of carbonyl (C=O) groups is 1. The number of benzene rings is 1. The summed E-state index contributed by atoms with van der Waals surface area (Å²) >= 11 is 3.31. The minimum atomic E-state index is 0.126. The Kier molecular flexibility index (Phi) is 1.68. The standard InChI is InChI=1S/C9H7BrO2/c10-8-4-5(11)3-7-6(8)1-2-9(7)12/h3-4,11H,1-2H2. The number of ketones is 1. The number of hydrogen-bond donors (Lipinski definition) is 1. The first-order chi connectivity index (χ1) is 5.68. The molecule has 1 aliphatic carbocycles. The smallest absolute Gasteiger partial charge is 0.163 e. The molecule has 1 aromatic rings. The van der Waals surface area contributed by atoms with Gasteiger partial charge >= 0.3 is 0 Å². The SMILES string of the molecule is O=C1CCc2c(Br)cc(O)cc21. The number of phenols is 1. The average Bonchev–Trinajstić information content (AvgIpc) is 2.33. The molecule has 12 heavy (non-hydrogen) atoms. The van der Waals surface area contributed by atoms with Crippen molar-refractivity contribution in [2.45, 2.75) is 12.8 Å². The van der Waals surface area contributed by atoms with E-state index in [1.165, 1.54) is 6.07 Å². The first kappa shape index (κ1) is 7.80. The van der Waals surface area contributed by atoms with Crippen LogP contribution in [0.25, 0.3) is 0 Å². The maximum atomic E-state index is 11.2. The van der Waals surface area contributed by atoms with E-state index < -0.39 is 0 Å². The molecule has 0 aliphatic heterocycles. The van der Waals surface area contributed by atoms with Crippen LogP contribution in [-0.4, -0.2) is 10.9 Å². The van der Waals surface area contributed by atoms with Crippen molar-refractivity contribution >= 4 is 21.7 Å². The predicted molar refractivity (Wildman–Crippen MR) is 48.5 cm³/mol. The molecule has 0 saturated carbocycles. The summed E-state index contributed by atoms with van der Waals surface area (Å²) in [5.41, 5.74) is 1.69. The molecule has 0 saturated heterocycles. The van der Waals surface area contributed by atoms with Crippen molar-refractivity contribution in [3.05, 3.63) is 27.7 Å². The molecule has 0 unspecified atom stereocenters. The number of hydrogen-bond acceptors (Lipinski definition) is 2. The van der Waals surface area contributed by atoms with Gasteiger partial charge in [-0.1, -0.05) is 15.9 Å². The minimum Gasteiger partial charge on any atom is -0.508 e. The Labute approximate surface area is 78.3 Å². The molecule has 0 fully saturated rings. The lowest BCUT2D eigenvalue weighted by atomic mass is 10.1. The molecule has 2 nitrogen and oxygen atoms in total. The van der Waals surface area contributed by atoms with Crippen LogP contribution in [0, 0.1) is 0 Å². The molecular formula is C9H7BrO2. The lowest BCUT2D eigenvalue weighted by Gasteiger charge is -2.01. The minimum absolute atomic E-state index is 0.126. The molecule has 3 heteroatoms. The largest absolute Gasteiger partial charge is 0.508 e. The highest BCUT2D eigenvalue weighted by molar-refractivity contribution is 9.10. The molecule has 0 atom stereocenters. The van der Waals surface area contributed by atoms with E-state index in [2.05, 4.69) is 15.9 Å². The van der Waals surface area contributed by atoms with Gasteiger partial charge in [-0.15, -0.1) is 0 Å². The van der Waals surface area contributed by atoms with Gasteiger partial charge < -0.3 is 5.11 Å². The van der Waals surface area contributed by atoms with Crippen LogP contribution < -0.4 is 0 Å². The predicted octanol–water partition coefficient (Wildman–Crippen LogP) is 2.28. The Bertz CT molecular complexity index is 358. The van der Waals surface area contributed by atoms with Gasteiger partial charge in [-0.05, 0) is 24.1 Å². The average molecular weight is 227 g/mol. The number of phenolic OH excluding ortho intramolecular Hbond substituents is 1. The van der Waals surface area contributed by atoms with Crippen molar-refractivity contribution in [1.29, 1.82) is 0 Å². The summed E-state index contributed by atoms with van der Waals surface area (Å²) in [5, 5.41) is 9.21. The van der Waals surface area contributed by atoms with Gasteiger partial charge in [0.05, 0.1) is 0 Å². The molecule has 0 amide bonds. The van der Waals surface area contributed by atoms with Crippen LogP contribution in [0.3, 0.4) is 0 Å². The highest BCUT2D eigenvalue weighted by Gasteiger charge is 2.22. The first-order valence-electron chi connectivity index (χ1n) is 3.73. The summed E-state index contributed by atoms with van der Waals surface area (Å²) in [7, 11) is 0. The second-order valence-electron chi connectivity index (χ2n) is 2.88. The Balaban J connectivity index is 2.68. The molecule has 2 rings (SSSR count). The van der Waals surface area contributed by atoms with Crippen molar-refractivity contribution in [2.75, 3.05) is 0 Å². The molecule has 0 bridgehead atoms. The van der Waals surface area contributed by atoms with Crippen LogP contribution in [0.15, 0.2) is 16.6 Å². The monoisotopic (exact) mass is 226 g/mol. The highest BCUT2D eigenvalue weighted by Crippen LogP contribution is 2.32. The third kappa shape index (κ3) is 1.05. The van der Waals surface area contributed by atoms with E-state index in [9.17, 15) is 9.90 Å². The van der Waals surface area contributed by atoms with Crippen molar-refractivity contribution < 1.29 is 9.90 Å². The Morgan fingerprint density at radius 2 is 2.08 bits per heavy atom. The fourth-order valence-corrected chi connectivity index (χ4v) is 2.14. The number of rotatable bonds is 0. The van der Waals surface area contributed by atoms with Gasteiger partial charge in [0.2, 0.25) is 0 Å². The summed E-state index contributed by atoms with van der Waals surface area (Å²) < 4.78 is 0.836. The van der Waals surface area contributed by atoms with Crippen LogP contribution in [0.5, 0.6) is 5.75 Å². The molecule has 0 radical (unpaired) electrons. The van der Waals surface area contributed by atoms with Gasteiger partial charge in [-0.2, -0.15) is 0 Å². The normalized spacial score (nSPS) is 14.9. The topological polar surface area (TPSA) is 37.3 Å². The zero-order valence-corrected chi connectivity index (χ0v) is 7.89. The quantitative estimate of drug-likeness (QED) is 0.738. The molecule has 0 spiro atoms. The first-order valence-corrected chi connectivity index (χ1v) is 4.52. The lowest BCUT2D eigenvalue weighted by Crippen LogP contribution is -1.90. The molecule has 1 N–H and O–H groups in total. The Morgan fingerprint density at radius 1 is 1.33 bits per heavy atom. The zero-order valence-electron chi connectivity index (χ0n) is 6.30. The molecule has 0 heterocycles. The number of aromatic hydroxyl groups is 1. The van der Waals surface area contributed by atoms with Crippen LogP contribution in [0.1, 0.15) is 22.3 Å². The van der Waals surface area contributed by atoms with Gasteiger partial charge in [-0.25, -0.2) is 0 Å². The lowest BCUT2D eigenvalue weighted by molar-refractivity contribution is 0.0994. The van der Waals surface area contributed by atoms with E-state index in [0.717, 1.165) is 16.5 Å². The van der Waals surface area contributed by atoms with Crippen molar-refractivity contribution in [3.8, 4) is 5.75 Å². The van der Waals surface area contributed by atoms with E-state index >= 15 is 0 Å². The van der Waals surface area contributed by atoms with Gasteiger partial charge in [0.25, 0.3) is 0 Å². The third-order valence-electron chi connectivity index (χ3n) is 2.08. The van der Waals surface area contributed by atoms with Crippen molar-refractivity contribution in [3.63, 3.8) is 0 Å². The second-order valence-corrected chi connectivity index (χ2v) is 3.73. The fraction of sp³-hybridized carbons (Fsp3) is 0.222. The summed E-state index contributed by atoms with van der Waals surface area (Å²) in [6, 6.07) is 3.16. The van der Waals surface area contributed by atoms with Crippen LogP contribution in [0.2, 0.25) is 0 Å². The second kappa shape index (κ2) is 2.59. The molecule has 1 aliphatic rings. The maximum absolute atomic E-state index is 11.2. The summed E-state index contributed by atoms with van der Waals surface area (Å²) in [4.78, 5) is 11.2. The van der Waals surface area contributed by atoms with Crippen molar-refractivity contribution in [2.24, 2.45) is 0 Å². The van der Waals surface area contributed by atoms with Gasteiger partial charge in [0, 0.05) is 16.5 Å². The van der Waals surface area contributed by atoms with E-state index in [1.54, 1.807) is 6.07 Å². The van der Waals surface area contributed by atoms with Gasteiger partial charge in [-0.3, -0.25) is 4.79 Å². The van der Waals surface area contributed by atoms with Crippen LogP contribution >= 0.6 is 15.9 Å². The van der Waals surface area contributed by atoms with Crippen LogP contribution in [0.4, 0.5) is 0 Å².